The number of fused-ring (bicyclic) bond motifs is 1. The average Bonchev–Trinajstić information content (AvgIpc) is 2.96. The monoisotopic (exact) mass is 246 g/mol. The highest BCUT2D eigenvalue weighted by molar-refractivity contribution is 5.26. The number of nitrogens with zero attached hydrogens (tertiary/aromatic N) is 1. The third-order valence-corrected chi connectivity index (χ3v) is 4.36. The lowest BCUT2D eigenvalue weighted by Gasteiger charge is -2.21. The van der Waals surface area contributed by atoms with Crippen LogP contribution in [-0.4, -0.2) is 41.7 Å². The Labute approximate surface area is 109 Å². The number of hydrogen-bond acceptors (Lipinski definition) is 3. The Bertz CT molecular complexity index is 390. The van der Waals surface area contributed by atoms with Crippen LogP contribution in [-0.2, 0) is 6.42 Å². The van der Waals surface area contributed by atoms with Gasteiger partial charge in [0, 0.05) is 18.6 Å². The molecule has 2 unspecified atom stereocenters. The molecule has 0 saturated carbocycles. The second-order valence-electron chi connectivity index (χ2n) is 5.51. The van der Waals surface area contributed by atoms with Gasteiger partial charge in [0.25, 0.3) is 0 Å². The van der Waals surface area contributed by atoms with Gasteiger partial charge in [-0.2, -0.15) is 0 Å². The Morgan fingerprint density at radius 1 is 1.17 bits per heavy atom. The van der Waals surface area contributed by atoms with E-state index in [-0.39, 0.29) is 0 Å². The van der Waals surface area contributed by atoms with Gasteiger partial charge in [0.2, 0.25) is 0 Å². The maximum Gasteiger partial charge on any atom is 0.115 e. The molecule has 3 heteroatoms. The first kappa shape index (κ1) is 12.0. The van der Waals surface area contributed by atoms with Crippen LogP contribution in [0, 0.1) is 0 Å². The molecule has 2 heterocycles. The Kier molecular flexibility index (Phi) is 3.52. The highest BCUT2D eigenvalue weighted by Gasteiger charge is 2.36. The lowest BCUT2D eigenvalue weighted by atomic mass is 10.1. The van der Waals surface area contributed by atoms with Gasteiger partial charge in [-0.1, -0.05) is 12.1 Å². The largest absolute Gasteiger partial charge is 0.508 e. The summed E-state index contributed by atoms with van der Waals surface area (Å²) in [5, 5.41) is 12.9. The van der Waals surface area contributed by atoms with Crippen molar-refractivity contribution in [3.8, 4) is 5.75 Å². The number of benzene rings is 1. The van der Waals surface area contributed by atoms with E-state index in [0.717, 1.165) is 19.0 Å². The Morgan fingerprint density at radius 2 is 2.00 bits per heavy atom. The summed E-state index contributed by atoms with van der Waals surface area (Å²) in [6, 6.07) is 9.04. The van der Waals surface area contributed by atoms with Gasteiger partial charge >= 0.3 is 0 Å². The molecule has 0 radical (unpaired) electrons. The van der Waals surface area contributed by atoms with Crippen LogP contribution in [0.4, 0.5) is 0 Å². The van der Waals surface area contributed by atoms with E-state index in [4.69, 9.17) is 0 Å². The predicted molar refractivity (Wildman–Crippen MR) is 72.8 cm³/mol. The summed E-state index contributed by atoms with van der Waals surface area (Å²) in [6.07, 6.45) is 5.10. The second-order valence-corrected chi connectivity index (χ2v) is 5.51. The molecule has 0 aromatic heterocycles. The smallest absolute Gasteiger partial charge is 0.115 e. The third-order valence-electron chi connectivity index (χ3n) is 4.36. The van der Waals surface area contributed by atoms with E-state index in [0.29, 0.717) is 11.8 Å². The maximum absolute atomic E-state index is 9.24. The fraction of sp³-hybridized carbons (Fsp3) is 0.600. The summed E-state index contributed by atoms with van der Waals surface area (Å²) in [7, 11) is 0. The van der Waals surface area contributed by atoms with Gasteiger partial charge < -0.3 is 10.4 Å². The standard InChI is InChI=1S/C15H22N2O/c18-13-5-3-12(4-6-13)7-9-16-14-8-11-17-10-1-2-15(14)17/h3-6,14-16,18H,1-2,7-11H2. The molecule has 2 aliphatic heterocycles. The molecule has 2 atom stereocenters. The van der Waals surface area contributed by atoms with Gasteiger partial charge in [-0.15, -0.1) is 0 Å². The minimum Gasteiger partial charge on any atom is -0.508 e. The first-order valence-electron chi connectivity index (χ1n) is 7.08. The van der Waals surface area contributed by atoms with Crippen LogP contribution in [0.5, 0.6) is 5.75 Å². The van der Waals surface area contributed by atoms with Crippen molar-refractivity contribution < 1.29 is 5.11 Å². The van der Waals surface area contributed by atoms with E-state index in [1.807, 2.05) is 12.1 Å². The van der Waals surface area contributed by atoms with E-state index < -0.39 is 0 Å². The molecule has 2 saturated heterocycles. The molecule has 0 amide bonds. The van der Waals surface area contributed by atoms with E-state index in [1.54, 1.807) is 12.1 Å². The molecule has 18 heavy (non-hydrogen) atoms. The predicted octanol–water partition coefficient (Wildman–Crippen LogP) is 1.76. The highest BCUT2D eigenvalue weighted by atomic mass is 16.3. The van der Waals surface area contributed by atoms with E-state index in [2.05, 4.69) is 10.2 Å². The number of aromatic hydroxyl groups is 1. The van der Waals surface area contributed by atoms with Crippen molar-refractivity contribution in [1.29, 1.82) is 0 Å². The first-order valence-corrected chi connectivity index (χ1v) is 7.08. The van der Waals surface area contributed by atoms with Gasteiger partial charge in [-0.05, 0) is 56.5 Å². The number of phenols is 1. The molecular formula is C15H22N2O. The summed E-state index contributed by atoms with van der Waals surface area (Å²) >= 11 is 0. The Hall–Kier alpha value is -1.06. The van der Waals surface area contributed by atoms with Crippen molar-refractivity contribution in [2.75, 3.05) is 19.6 Å². The van der Waals surface area contributed by atoms with Gasteiger partial charge in [0.05, 0.1) is 0 Å². The lowest BCUT2D eigenvalue weighted by Crippen LogP contribution is -2.39. The molecule has 0 bridgehead atoms. The number of rotatable bonds is 4. The number of hydrogen-bond donors (Lipinski definition) is 2. The van der Waals surface area contributed by atoms with Gasteiger partial charge in [0.15, 0.2) is 0 Å². The van der Waals surface area contributed by atoms with E-state index in [1.165, 1.54) is 37.9 Å². The number of phenolic OH excluding ortho intramolecular Hbond substituents is 1. The lowest BCUT2D eigenvalue weighted by molar-refractivity contribution is 0.299. The van der Waals surface area contributed by atoms with Crippen LogP contribution >= 0.6 is 0 Å². The molecule has 0 spiro atoms. The summed E-state index contributed by atoms with van der Waals surface area (Å²) in [4.78, 5) is 2.64. The molecule has 2 fully saturated rings. The van der Waals surface area contributed by atoms with Crippen molar-refractivity contribution in [3.63, 3.8) is 0 Å². The van der Waals surface area contributed by atoms with Crippen LogP contribution in [0.2, 0.25) is 0 Å². The molecular weight excluding hydrogens is 224 g/mol. The minimum atomic E-state index is 0.351. The number of nitrogens with one attached hydrogen (secondary N) is 1. The van der Waals surface area contributed by atoms with E-state index in [9.17, 15) is 5.11 Å². The third kappa shape index (κ3) is 2.52. The molecule has 3 rings (SSSR count). The van der Waals surface area contributed by atoms with Crippen molar-refractivity contribution in [2.24, 2.45) is 0 Å². The molecule has 98 valence electrons. The summed E-state index contributed by atoms with van der Waals surface area (Å²) in [5.74, 6) is 0.351. The molecule has 1 aromatic rings. The quantitative estimate of drug-likeness (QED) is 0.850. The minimum absolute atomic E-state index is 0.351. The van der Waals surface area contributed by atoms with Crippen molar-refractivity contribution in [3.05, 3.63) is 29.8 Å². The van der Waals surface area contributed by atoms with E-state index >= 15 is 0 Å². The van der Waals surface area contributed by atoms with Crippen molar-refractivity contribution >= 4 is 0 Å². The normalized spacial score (nSPS) is 27.6. The highest BCUT2D eigenvalue weighted by Crippen LogP contribution is 2.27. The molecule has 3 nitrogen and oxygen atoms in total. The van der Waals surface area contributed by atoms with Crippen LogP contribution in [0.3, 0.4) is 0 Å². The fourth-order valence-corrected chi connectivity index (χ4v) is 3.39. The molecule has 0 aliphatic carbocycles. The molecule has 2 aliphatic rings. The summed E-state index contributed by atoms with van der Waals surface area (Å²) in [5.41, 5.74) is 1.29. The van der Waals surface area contributed by atoms with Crippen LogP contribution in [0.15, 0.2) is 24.3 Å². The van der Waals surface area contributed by atoms with Crippen molar-refractivity contribution in [1.82, 2.24) is 10.2 Å². The zero-order valence-corrected chi connectivity index (χ0v) is 10.8. The Morgan fingerprint density at radius 3 is 2.83 bits per heavy atom. The zero-order chi connectivity index (χ0) is 12.4. The van der Waals surface area contributed by atoms with Gasteiger partial charge in [-0.3, -0.25) is 4.90 Å². The SMILES string of the molecule is Oc1ccc(CCNC2CCN3CCCC23)cc1. The van der Waals surface area contributed by atoms with Gasteiger partial charge in [0.1, 0.15) is 5.75 Å². The maximum atomic E-state index is 9.24. The molecule has 2 N–H and O–H groups in total. The summed E-state index contributed by atoms with van der Waals surface area (Å²) < 4.78 is 0. The first-order chi connectivity index (χ1) is 8.83. The van der Waals surface area contributed by atoms with Gasteiger partial charge in [-0.25, -0.2) is 0 Å². The van der Waals surface area contributed by atoms with Crippen LogP contribution in [0.1, 0.15) is 24.8 Å². The van der Waals surface area contributed by atoms with Crippen LogP contribution in [0.25, 0.3) is 0 Å². The van der Waals surface area contributed by atoms with Crippen molar-refractivity contribution in [2.45, 2.75) is 37.8 Å². The second kappa shape index (κ2) is 5.29. The summed E-state index contributed by atoms with van der Waals surface area (Å²) in [6.45, 7) is 3.63. The Balaban J connectivity index is 1.46. The fourth-order valence-electron chi connectivity index (χ4n) is 3.39. The molecule has 1 aromatic carbocycles. The average molecular weight is 246 g/mol. The topological polar surface area (TPSA) is 35.5 Å². The van der Waals surface area contributed by atoms with Crippen LogP contribution < -0.4 is 5.32 Å². The zero-order valence-electron chi connectivity index (χ0n) is 10.8.